The first kappa shape index (κ1) is 14.0. The third kappa shape index (κ3) is 3.55. The molecule has 1 N–H and O–H groups in total. The van der Waals surface area contributed by atoms with Crippen LogP contribution in [0.5, 0.6) is 5.75 Å². The van der Waals surface area contributed by atoms with E-state index < -0.39 is 16.4 Å². The quantitative estimate of drug-likeness (QED) is 0.900. The summed E-state index contributed by atoms with van der Waals surface area (Å²) in [6.45, 7) is 0. The summed E-state index contributed by atoms with van der Waals surface area (Å²) < 4.78 is 17.8. The Balaban J connectivity index is 2.03. The van der Waals surface area contributed by atoms with Crippen LogP contribution < -0.4 is 0 Å². The maximum Gasteiger partial charge on any atom is 0.119 e. The standard InChI is InChI=1S/C15H18O3S/c1-18-15(9-5-2-6-10-15)12-19(17)11-13-7-3-4-8-14(13)16/h2-9,16H,10-12H2,1H3. The van der Waals surface area contributed by atoms with Crippen LogP contribution in [0.4, 0.5) is 0 Å². The molecule has 0 heterocycles. The fourth-order valence-electron chi connectivity index (χ4n) is 2.09. The molecule has 0 amide bonds. The van der Waals surface area contributed by atoms with Crippen molar-refractivity contribution in [3.63, 3.8) is 0 Å². The molecule has 1 aromatic carbocycles. The number of hydrogen-bond acceptors (Lipinski definition) is 3. The lowest BCUT2D eigenvalue weighted by molar-refractivity contribution is 0.0540. The molecule has 3 nitrogen and oxygen atoms in total. The molecular formula is C15H18O3S. The van der Waals surface area contributed by atoms with Gasteiger partial charge in [0.2, 0.25) is 0 Å². The molecule has 1 aromatic rings. The summed E-state index contributed by atoms with van der Waals surface area (Å²) >= 11 is 0. The Kier molecular flexibility index (Phi) is 4.56. The first-order valence-corrected chi connectivity index (χ1v) is 7.65. The number of phenolic OH excluding ortho intramolecular Hbond substituents is 1. The molecule has 4 heteroatoms. The van der Waals surface area contributed by atoms with Crippen molar-refractivity contribution in [2.24, 2.45) is 0 Å². The van der Waals surface area contributed by atoms with E-state index in [4.69, 9.17) is 4.74 Å². The van der Waals surface area contributed by atoms with E-state index in [0.717, 1.165) is 6.42 Å². The highest BCUT2D eigenvalue weighted by molar-refractivity contribution is 7.84. The van der Waals surface area contributed by atoms with E-state index in [1.165, 1.54) is 0 Å². The van der Waals surface area contributed by atoms with Gasteiger partial charge in [0.1, 0.15) is 11.4 Å². The lowest BCUT2D eigenvalue weighted by Crippen LogP contribution is -2.36. The van der Waals surface area contributed by atoms with Crippen LogP contribution in [-0.4, -0.2) is 27.8 Å². The van der Waals surface area contributed by atoms with Gasteiger partial charge in [0, 0.05) is 23.5 Å². The molecular weight excluding hydrogens is 260 g/mol. The second kappa shape index (κ2) is 6.17. The average molecular weight is 278 g/mol. The van der Waals surface area contributed by atoms with Gasteiger partial charge in [-0.2, -0.15) is 0 Å². The van der Waals surface area contributed by atoms with Gasteiger partial charge in [0.25, 0.3) is 0 Å². The Labute approximate surface area is 116 Å². The fraction of sp³-hybridized carbons (Fsp3) is 0.333. The molecule has 0 radical (unpaired) electrons. The van der Waals surface area contributed by atoms with Crippen LogP contribution in [0.15, 0.2) is 48.6 Å². The van der Waals surface area contributed by atoms with Gasteiger partial charge in [-0.3, -0.25) is 4.21 Å². The lowest BCUT2D eigenvalue weighted by Gasteiger charge is -2.29. The molecule has 0 saturated heterocycles. The highest BCUT2D eigenvalue weighted by Crippen LogP contribution is 2.25. The summed E-state index contributed by atoms with van der Waals surface area (Å²) in [6, 6.07) is 7.00. The first-order chi connectivity index (χ1) is 9.15. The summed E-state index contributed by atoms with van der Waals surface area (Å²) in [6.07, 6.45) is 8.58. The van der Waals surface area contributed by atoms with Gasteiger partial charge in [-0.05, 0) is 12.5 Å². The van der Waals surface area contributed by atoms with Gasteiger partial charge in [0.15, 0.2) is 0 Å². The average Bonchev–Trinajstić information content (AvgIpc) is 2.42. The third-order valence-corrected chi connectivity index (χ3v) is 4.67. The molecule has 1 aliphatic carbocycles. The van der Waals surface area contributed by atoms with Crippen molar-refractivity contribution in [1.29, 1.82) is 0 Å². The van der Waals surface area contributed by atoms with Crippen molar-refractivity contribution in [3.05, 3.63) is 54.1 Å². The Hall–Kier alpha value is -1.39. The molecule has 0 fully saturated rings. The minimum absolute atomic E-state index is 0.196. The van der Waals surface area contributed by atoms with E-state index in [1.54, 1.807) is 25.3 Å². The number of rotatable bonds is 5. The first-order valence-electron chi connectivity index (χ1n) is 6.16. The number of methoxy groups -OCH3 is 1. The molecule has 0 spiro atoms. The van der Waals surface area contributed by atoms with E-state index in [0.29, 0.717) is 17.1 Å². The molecule has 102 valence electrons. The van der Waals surface area contributed by atoms with Crippen LogP contribution in [-0.2, 0) is 21.3 Å². The van der Waals surface area contributed by atoms with Gasteiger partial charge in [-0.15, -0.1) is 0 Å². The van der Waals surface area contributed by atoms with Crippen molar-refractivity contribution in [2.75, 3.05) is 12.9 Å². The van der Waals surface area contributed by atoms with Crippen molar-refractivity contribution in [2.45, 2.75) is 17.8 Å². The van der Waals surface area contributed by atoms with E-state index >= 15 is 0 Å². The van der Waals surface area contributed by atoms with Crippen molar-refractivity contribution >= 4 is 10.8 Å². The van der Waals surface area contributed by atoms with E-state index in [2.05, 4.69) is 0 Å². The molecule has 0 bridgehead atoms. The van der Waals surface area contributed by atoms with Crippen LogP contribution in [0.25, 0.3) is 0 Å². The summed E-state index contributed by atoms with van der Waals surface area (Å²) in [4.78, 5) is 0. The smallest absolute Gasteiger partial charge is 0.119 e. The SMILES string of the molecule is COC1(CS(=O)Cc2ccccc2O)C=CC=CC1. The number of phenols is 1. The van der Waals surface area contributed by atoms with E-state index in [9.17, 15) is 9.32 Å². The van der Waals surface area contributed by atoms with E-state index in [-0.39, 0.29) is 5.75 Å². The number of para-hydroxylation sites is 1. The Morgan fingerprint density at radius 2 is 2.16 bits per heavy atom. The van der Waals surface area contributed by atoms with Crippen LogP contribution >= 0.6 is 0 Å². The molecule has 0 saturated carbocycles. The summed E-state index contributed by atoms with van der Waals surface area (Å²) in [5, 5.41) is 9.70. The number of benzene rings is 1. The topological polar surface area (TPSA) is 46.5 Å². The predicted octanol–water partition coefficient (Wildman–Crippen LogP) is 2.54. The van der Waals surface area contributed by atoms with Crippen LogP contribution in [0.1, 0.15) is 12.0 Å². The second-order valence-electron chi connectivity index (χ2n) is 4.62. The molecule has 2 atom stereocenters. The molecule has 2 rings (SSSR count). The Morgan fingerprint density at radius 1 is 1.37 bits per heavy atom. The van der Waals surface area contributed by atoms with E-state index in [1.807, 2.05) is 30.4 Å². The van der Waals surface area contributed by atoms with Crippen LogP contribution in [0.2, 0.25) is 0 Å². The minimum Gasteiger partial charge on any atom is -0.508 e. The largest absolute Gasteiger partial charge is 0.508 e. The number of ether oxygens (including phenoxy) is 1. The van der Waals surface area contributed by atoms with Crippen molar-refractivity contribution < 1.29 is 14.1 Å². The van der Waals surface area contributed by atoms with Gasteiger partial charge >= 0.3 is 0 Å². The normalized spacial score (nSPS) is 23.4. The maximum atomic E-state index is 12.3. The molecule has 0 aliphatic heterocycles. The van der Waals surface area contributed by atoms with Crippen molar-refractivity contribution in [1.82, 2.24) is 0 Å². The molecule has 0 aromatic heterocycles. The minimum atomic E-state index is -1.09. The van der Waals surface area contributed by atoms with Gasteiger partial charge in [0.05, 0.1) is 11.5 Å². The highest BCUT2D eigenvalue weighted by Gasteiger charge is 2.29. The monoisotopic (exact) mass is 278 g/mol. The summed E-state index contributed by atoms with van der Waals surface area (Å²) in [5.74, 6) is 0.968. The highest BCUT2D eigenvalue weighted by atomic mass is 32.2. The molecule has 19 heavy (non-hydrogen) atoms. The lowest BCUT2D eigenvalue weighted by atomic mass is 9.97. The second-order valence-corrected chi connectivity index (χ2v) is 6.07. The zero-order valence-electron chi connectivity index (χ0n) is 10.9. The number of aromatic hydroxyl groups is 1. The van der Waals surface area contributed by atoms with Crippen molar-refractivity contribution in [3.8, 4) is 5.75 Å². The Bertz CT molecular complexity index is 522. The summed E-state index contributed by atoms with van der Waals surface area (Å²) in [7, 11) is 0.551. The Morgan fingerprint density at radius 3 is 2.79 bits per heavy atom. The maximum absolute atomic E-state index is 12.3. The zero-order valence-corrected chi connectivity index (χ0v) is 11.7. The molecule has 1 aliphatic rings. The van der Waals surface area contributed by atoms with Crippen LogP contribution in [0.3, 0.4) is 0 Å². The number of hydrogen-bond donors (Lipinski definition) is 1. The number of allylic oxidation sites excluding steroid dienone is 2. The third-order valence-electron chi connectivity index (χ3n) is 3.23. The van der Waals surface area contributed by atoms with Gasteiger partial charge in [-0.1, -0.05) is 42.5 Å². The van der Waals surface area contributed by atoms with Crippen LogP contribution in [0, 0.1) is 0 Å². The predicted molar refractivity (Wildman–Crippen MR) is 77.5 cm³/mol. The fourth-order valence-corrected chi connectivity index (χ4v) is 3.66. The van der Waals surface area contributed by atoms with Gasteiger partial charge < -0.3 is 9.84 Å². The zero-order chi connectivity index (χ0) is 13.7. The summed E-state index contributed by atoms with van der Waals surface area (Å²) in [5.41, 5.74) is 0.228. The molecule has 2 unspecified atom stereocenters. The van der Waals surface area contributed by atoms with Gasteiger partial charge in [-0.25, -0.2) is 0 Å².